The molecule has 6 nitrogen and oxygen atoms in total. The van der Waals surface area contributed by atoms with Crippen LogP contribution in [0.25, 0.3) is 0 Å². The summed E-state index contributed by atoms with van der Waals surface area (Å²) in [6.07, 6.45) is 13.8. The highest BCUT2D eigenvalue weighted by atomic mass is 16.5. The number of methoxy groups -OCH3 is 1. The molecule has 0 saturated heterocycles. The number of carbonyl (C=O) groups excluding carboxylic acids is 1. The Morgan fingerprint density at radius 3 is 2.80 bits per heavy atom. The van der Waals surface area contributed by atoms with E-state index in [0.29, 0.717) is 23.5 Å². The van der Waals surface area contributed by atoms with Crippen molar-refractivity contribution in [1.29, 1.82) is 0 Å². The van der Waals surface area contributed by atoms with Gasteiger partial charge in [-0.25, -0.2) is 0 Å². The Bertz CT molecular complexity index is 1520. The highest BCUT2D eigenvalue weighted by Crippen LogP contribution is 2.87. The summed E-state index contributed by atoms with van der Waals surface area (Å²) in [7, 11) is 1.87. The fourth-order valence-corrected chi connectivity index (χ4v) is 12.8. The van der Waals surface area contributed by atoms with E-state index in [1.807, 2.05) is 31.4 Å². The molecule has 6 heteroatoms. The van der Waals surface area contributed by atoms with Gasteiger partial charge >= 0.3 is 0 Å². The molecule has 1 heterocycles. The van der Waals surface area contributed by atoms with Crippen LogP contribution in [-0.2, 0) is 27.8 Å². The zero-order chi connectivity index (χ0) is 29.9. The maximum Gasteiger partial charge on any atom is 0.207 e. The maximum absolute atomic E-state index is 11.7. The molecule has 1 amide bonds. The second-order valence-corrected chi connectivity index (χ2v) is 15.9. The smallest absolute Gasteiger partial charge is 0.207 e. The molecular formula is C38H46N2O4. The lowest BCUT2D eigenvalue weighted by Crippen LogP contribution is -2.70. The van der Waals surface area contributed by atoms with Crippen molar-refractivity contribution in [1.82, 2.24) is 10.6 Å². The van der Waals surface area contributed by atoms with Crippen molar-refractivity contribution >= 4 is 6.41 Å². The Balaban J connectivity index is 1.10. The van der Waals surface area contributed by atoms with Crippen LogP contribution in [0.15, 0.2) is 54.7 Å². The lowest BCUT2D eigenvalue weighted by Gasteiger charge is -2.66. The summed E-state index contributed by atoms with van der Waals surface area (Å²) in [5.41, 5.74) is 5.08. The molecule has 3 unspecified atom stereocenters. The van der Waals surface area contributed by atoms with E-state index in [2.05, 4.69) is 35.4 Å². The number of carbonyl (C=O) groups is 1. The van der Waals surface area contributed by atoms with Gasteiger partial charge in [-0.2, -0.15) is 0 Å². The second kappa shape index (κ2) is 9.28. The molecular weight excluding hydrogens is 548 g/mol. The maximum atomic E-state index is 11.7. The second-order valence-electron chi connectivity index (χ2n) is 15.9. The summed E-state index contributed by atoms with van der Waals surface area (Å²) in [5, 5.41) is 18.0. The SMILES string of the molecule is C=C(NC[C@]12CCC[C@@]3(C1)[C@@H]1C(CC4CC4)CC14Cc1ccc(O)c5c1[C@@]3(C4)[C@@H](O5)C2OC)[C@H](Cc1ccccc1)NC=O. The van der Waals surface area contributed by atoms with Gasteiger partial charge in [0.05, 0.1) is 6.04 Å². The van der Waals surface area contributed by atoms with E-state index in [1.54, 1.807) is 0 Å². The Morgan fingerprint density at radius 1 is 1.18 bits per heavy atom. The topological polar surface area (TPSA) is 79.8 Å². The summed E-state index contributed by atoms with van der Waals surface area (Å²) in [4.78, 5) is 11.7. The van der Waals surface area contributed by atoms with E-state index in [9.17, 15) is 9.90 Å². The van der Waals surface area contributed by atoms with Crippen molar-refractivity contribution in [3.8, 4) is 11.5 Å². The minimum absolute atomic E-state index is 0.0891. The molecule has 7 aliphatic rings. The fourth-order valence-electron chi connectivity index (χ4n) is 12.8. The van der Waals surface area contributed by atoms with E-state index in [-0.39, 0.29) is 34.5 Å². The molecule has 3 spiro atoms. The number of amides is 1. The molecule has 4 bridgehead atoms. The first kappa shape index (κ1) is 27.3. The third kappa shape index (κ3) is 3.39. The minimum atomic E-state index is -0.199. The monoisotopic (exact) mass is 594 g/mol. The number of hydrogen-bond donors (Lipinski definition) is 3. The number of benzene rings is 2. The van der Waals surface area contributed by atoms with Gasteiger partial charge in [-0.15, -0.1) is 0 Å². The van der Waals surface area contributed by atoms with Gasteiger partial charge in [-0.05, 0) is 97.1 Å². The third-order valence-corrected chi connectivity index (χ3v) is 13.9. The first-order valence-electron chi connectivity index (χ1n) is 17.1. The lowest BCUT2D eigenvalue weighted by molar-refractivity contribution is -0.213. The van der Waals surface area contributed by atoms with Gasteiger partial charge < -0.3 is 25.2 Å². The average molecular weight is 595 g/mol. The van der Waals surface area contributed by atoms with E-state index in [1.165, 1.54) is 61.6 Å². The summed E-state index contributed by atoms with van der Waals surface area (Å²) < 4.78 is 13.6. The molecule has 2 aromatic carbocycles. The predicted octanol–water partition coefficient (Wildman–Crippen LogP) is 5.81. The van der Waals surface area contributed by atoms with Gasteiger partial charge in [-0.1, -0.05) is 62.2 Å². The van der Waals surface area contributed by atoms with Crippen molar-refractivity contribution in [2.24, 2.45) is 34.0 Å². The molecule has 1 aliphatic heterocycles. The van der Waals surface area contributed by atoms with Crippen LogP contribution in [0.3, 0.4) is 0 Å². The molecule has 3 N–H and O–H groups in total. The highest BCUT2D eigenvalue weighted by Gasteiger charge is 2.85. The Hall–Kier alpha value is -2.99. The molecule has 0 aromatic heterocycles. The van der Waals surface area contributed by atoms with E-state index in [4.69, 9.17) is 9.47 Å². The number of hydrogen-bond acceptors (Lipinski definition) is 5. The van der Waals surface area contributed by atoms with Gasteiger partial charge in [0, 0.05) is 35.7 Å². The number of nitrogens with one attached hydrogen (secondary N) is 2. The van der Waals surface area contributed by atoms with Crippen LogP contribution in [0.5, 0.6) is 11.5 Å². The molecule has 6 aliphatic carbocycles. The van der Waals surface area contributed by atoms with E-state index in [0.717, 1.165) is 55.5 Å². The van der Waals surface area contributed by atoms with Crippen molar-refractivity contribution in [3.63, 3.8) is 0 Å². The number of ether oxygens (including phenoxy) is 2. The molecule has 232 valence electrons. The molecule has 9 rings (SSSR count). The van der Waals surface area contributed by atoms with Gasteiger partial charge in [-0.3, -0.25) is 4.79 Å². The molecule has 44 heavy (non-hydrogen) atoms. The number of fused-ring (bicyclic) bond motifs is 1. The van der Waals surface area contributed by atoms with Gasteiger partial charge in [0.15, 0.2) is 11.5 Å². The van der Waals surface area contributed by atoms with Crippen LogP contribution < -0.4 is 15.4 Å². The number of phenols is 1. The molecule has 0 radical (unpaired) electrons. The van der Waals surface area contributed by atoms with Crippen LogP contribution in [0.4, 0.5) is 0 Å². The number of phenolic OH excluding ortho intramolecular Hbond substituents is 1. The third-order valence-electron chi connectivity index (χ3n) is 13.9. The van der Waals surface area contributed by atoms with Crippen LogP contribution in [-0.4, -0.2) is 43.4 Å². The van der Waals surface area contributed by atoms with Crippen LogP contribution >= 0.6 is 0 Å². The zero-order valence-corrected chi connectivity index (χ0v) is 25.9. The first-order valence-corrected chi connectivity index (χ1v) is 17.1. The quantitative estimate of drug-likeness (QED) is 0.286. The van der Waals surface area contributed by atoms with Gasteiger partial charge in [0.1, 0.15) is 12.2 Å². The number of rotatable bonds is 11. The standard InChI is InChI=1S/C38H46N2O4/c1-23(28(40-22-41)16-24-7-4-3-5-8-24)39-21-35-13-6-14-37(19-35)32-27(15-25-9-10-25)18-36(32)17-26-11-12-29(42)31-30(26)38(37,20-36)34(44-31)33(35)43-2/h3-5,7-8,11-12,22,25,27-28,32-34,39,42H,1,6,9-10,13-21H2,2H3,(H,40,41)/t27?,28-,32+,33?,34-,35-,36?,37+,38-/m0/s1. The summed E-state index contributed by atoms with van der Waals surface area (Å²) in [6, 6.07) is 14.2. The Morgan fingerprint density at radius 2 is 2.02 bits per heavy atom. The Labute approximate surface area is 261 Å². The molecule has 9 atom stereocenters. The highest BCUT2D eigenvalue weighted by molar-refractivity contribution is 5.64. The molecule has 2 aromatic rings. The normalized spacial score (nSPS) is 40.6. The van der Waals surface area contributed by atoms with Crippen molar-refractivity contribution in [2.45, 2.75) is 94.3 Å². The van der Waals surface area contributed by atoms with Gasteiger partial charge in [0.2, 0.25) is 6.41 Å². The molecule has 5 fully saturated rings. The minimum Gasteiger partial charge on any atom is -0.504 e. The predicted molar refractivity (Wildman–Crippen MR) is 168 cm³/mol. The van der Waals surface area contributed by atoms with Gasteiger partial charge in [0.25, 0.3) is 0 Å². The largest absolute Gasteiger partial charge is 0.504 e. The Kier molecular flexibility index (Phi) is 5.76. The van der Waals surface area contributed by atoms with Crippen molar-refractivity contribution < 1.29 is 19.4 Å². The molecule has 5 saturated carbocycles. The fraction of sp³-hybridized carbons (Fsp3) is 0.605. The first-order chi connectivity index (χ1) is 21.4. The van der Waals surface area contributed by atoms with Crippen molar-refractivity contribution in [2.75, 3.05) is 13.7 Å². The summed E-state index contributed by atoms with van der Waals surface area (Å²) in [6.45, 7) is 5.20. The lowest BCUT2D eigenvalue weighted by atomic mass is 9.39. The van der Waals surface area contributed by atoms with Crippen LogP contribution in [0.2, 0.25) is 0 Å². The van der Waals surface area contributed by atoms with E-state index >= 15 is 0 Å². The zero-order valence-electron chi connectivity index (χ0n) is 25.9. The van der Waals surface area contributed by atoms with Crippen LogP contribution in [0.1, 0.15) is 74.5 Å². The van der Waals surface area contributed by atoms with E-state index < -0.39 is 0 Å². The average Bonchev–Trinajstić information content (AvgIpc) is 3.74. The summed E-state index contributed by atoms with van der Waals surface area (Å²) in [5.74, 6) is 3.50. The van der Waals surface area contributed by atoms with Crippen molar-refractivity contribution in [3.05, 3.63) is 71.4 Å². The number of aromatic hydroxyl groups is 1. The summed E-state index contributed by atoms with van der Waals surface area (Å²) >= 11 is 0. The van der Waals surface area contributed by atoms with Crippen LogP contribution in [0, 0.1) is 34.0 Å².